The number of hydrogen-bond donors (Lipinski definition) is 2. The second-order valence-corrected chi connectivity index (χ2v) is 4.50. The van der Waals surface area contributed by atoms with Gasteiger partial charge in [-0.15, -0.1) is 0 Å². The van der Waals surface area contributed by atoms with Gasteiger partial charge in [-0.1, -0.05) is 11.6 Å². The molecule has 0 atom stereocenters. The number of methoxy groups -OCH3 is 1. The summed E-state index contributed by atoms with van der Waals surface area (Å²) in [6.45, 7) is 0. The Morgan fingerprint density at radius 3 is 2.94 bits per heavy atom. The highest BCUT2D eigenvalue weighted by Crippen LogP contribution is 2.23. The van der Waals surface area contributed by atoms with Gasteiger partial charge in [-0.2, -0.15) is 0 Å². The predicted octanol–water partition coefficient (Wildman–Crippen LogP) is 1.22. The van der Waals surface area contributed by atoms with E-state index >= 15 is 0 Å². The fraction of sp³-hybridized carbons (Fsp3) is 0.455. The first-order chi connectivity index (χ1) is 8.10. The predicted molar refractivity (Wildman–Crippen MR) is 64.9 cm³/mol. The zero-order valence-electron chi connectivity index (χ0n) is 9.44. The Kier molecular flexibility index (Phi) is 3.49. The van der Waals surface area contributed by atoms with Gasteiger partial charge in [0.05, 0.1) is 16.7 Å². The van der Waals surface area contributed by atoms with Gasteiger partial charge in [0.2, 0.25) is 0 Å². The van der Waals surface area contributed by atoms with Crippen LogP contribution in [0.15, 0.2) is 12.3 Å². The van der Waals surface area contributed by atoms with Crippen molar-refractivity contribution >= 4 is 23.3 Å². The Morgan fingerprint density at radius 2 is 2.35 bits per heavy atom. The van der Waals surface area contributed by atoms with Gasteiger partial charge in [-0.3, -0.25) is 4.79 Å². The number of ether oxygens (including phenoxy) is 1. The van der Waals surface area contributed by atoms with E-state index in [-0.39, 0.29) is 23.9 Å². The van der Waals surface area contributed by atoms with E-state index in [1.54, 1.807) is 7.11 Å². The summed E-state index contributed by atoms with van der Waals surface area (Å²) in [4.78, 5) is 15.7. The number of nitrogens with one attached hydrogen (secondary N) is 1. The summed E-state index contributed by atoms with van der Waals surface area (Å²) in [5.74, 6) is 0.0465. The molecule has 1 amide bonds. The van der Waals surface area contributed by atoms with Crippen molar-refractivity contribution < 1.29 is 9.53 Å². The number of rotatable bonds is 3. The summed E-state index contributed by atoms with van der Waals surface area (Å²) in [6.07, 6.45) is 3.37. The van der Waals surface area contributed by atoms with E-state index in [0.29, 0.717) is 10.6 Å². The maximum Gasteiger partial charge on any atom is 0.253 e. The van der Waals surface area contributed by atoms with Crippen molar-refractivity contribution in [2.24, 2.45) is 0 Å². The molecule has 5 nitrogen and oxygen atoms in total. The Labute approximate surface area is 104 Å². The Bertz CT molecular complexity index is 433. The van der Waals surface area contributed by atoms with Crippen molar-refractivity contribution in [1.82, 2.24) is 10.3 Å². The molecular weight excluding hydrogens is 242 g/mol. The minimum Gasteiger partial charge on any atom is -0.382 e. The first-order valence-electron chi connectivity index (χ1n) is 5.35. The van der Waals surface area contributed by atoms with E-state index in [9.17, 15) is 4.79 Å². The fourth-order valence-corrected chi connectivity index (χ4v) is 1.88. The van der Waals surface area contributed by atoms with Crippen LogP contribution in [0.1, 0.15) is 23.2 Å². The third-order valence-electron chi connectivity index (χ3n) is 2.90. The van der Waals surface area contributed by atoms with Crippen molar-refractivity contribution in [3.05, 3.63) is 22.8 Å². The van der Waals surface area contributed by atoms with Crippen LogP contribution in [0.2, 0.25) is 5.02 Å². The van der Waals surface area contributed by atoms with Crippen LogP contribution in [0.3, 0.4) is 0 Å². The molecule has 0 spiro atoms. The molecule has 17 heavy (non-hydrogen) atoms. The van der Waals surface area contributed by atoms with Gasteiger partial charge in [0, 0.05) is 19.3 Å². The minimum atomic E-state index is -0.182. The van der Waals surface area contributed by atoms with Crippen LogP contribution >= 0.6 is 11.6 Å². The topological polar surface area (TPSA) is 77.2 Å². The van der Waals surface area contributed by atoms with Crippen LogP contribution in [-0.2, 0) is 4.74 Å². The molecule has 0 unspecified atom stereocenters. The van der Waals surface area contributed by atoms with Gasteiger partial charge in [0.25, 0.3) is 5.91 Å². The molecule has 1 heterocycles. The number of halogens is 1. The minimum absolute atomic E-state index is 0.170. The van der Waals surface area contributed by atoms with Gasteiger partial charge in [-0.25, -0.2) is 4.98 Å². The number of hydrogen-bond acceptors (Lipinski definition) is 4. The average molecular weight is 256 g/mol. The highest BCUT2D eigenvalue weighted by atomic mass is 35.5. The van der Waals surface area contributed by atoms with Crippen molar-refractivity contribution in [1.29, 1.82) is 0 Å². The molecule has 3 N–H and O–H groups in total. The molecule has 0 saturated heterocycles. The third-order valence-corrected chi connectivity index (χ3v) is 3.20. The molecule has 1 aliphatic rings. The average Bonchev–Trinajstić information content (AvgIpc) is 2.26. The van der Waals surface area contributed by atoms with E-state index in [1.807, 2.05) is 0 Å². The van der Waals surface area contributed by atoms with Crippen LogP contribution in [0, 0.1) is 0 Å². The van der Waals surface area contributed by atoms with Crippen molar-refractivity contribution in [2.75, 3.05) is 12.8 Å². The normalized spacial score (nSPS) is 22.9. The largest absolute Gasteiger partial charge is 0.382 e. The van der Waals surface area contributed by atoms with Crippen LogP contribution in [-0.4, -0.2) is 30.1 Å². The number of carbonyl (C=O) groups excluding carboxylic acids is 1. The molecule has 92 valence electrons. The molecule has 0 radical (unpaired) electrons. The van der Waals surface area contributed by atoms with Gasteiger partial charge in [0.15, 0.2) is 0 Å². The SMILES string of the molecule is COC1CC(NC(=O)c2cnc(N)c(Cl)c2)C1. The first kappa shape index (κ1) is 12.1. The molecule has 6 heteroatoms. The van der Waals surface area contributed by atoms with Crippen LogP contribution in [0.5, 0.6) is 0 Å². The van der Waals surface area contributed by atoms with Crippen LogP contribution in [0.25, 0.3) is 0 Å². The van der Waals surface area contributed by atoms with Crippen LogP contribution in [0.4, 0.5) is 5.82 Å². The number of aromatic nitrogens is 1. The molecule has 0 bridgehead atoms. The molecular formula is C11H14ClN3O2. The smallest absolute Gasteiger partial charge is 0.253 e. The summed E-state index contributed by atoms with van der Waals surface area (Å²) in [7, 11) is 1.67. The summed E-state index contributed by atoms with van der Waals surface area (Å²) < 4.78 is 5.14. The van der Waals surface area contributed by atoms with E-state index in [1.165, 1.54) is 12.3 Å². The van der Waals surface area contributed by atoms with E-state index in [2.05, 4.69) is 10.3 Å². The molecule has 1 fully saturated rings. The third kappa shape index (κ3) is 2.68. The number of carbonyl (C=O) groups is 1. The van der Waals surface area contributed by atoms with Crippen molar-refractivity contribution in [3.8, 4) is 0 Å². The molecule has 1 saturated carbocycles. The lowest BCUT2D eigenvalue weighted by Gasteiger charge is -2.34. The quantitative estimate of drug-likeness (QED) is 0.852. The molecule has 2 rings (SSSR count). The standard InChI is InChI=1S/C11H14ClN3O2/c1-17-8-3-7(4-8)15-11(16)6-2-9(12)10(13)14-5-6/h2,5,7-8H,3-4H2,1H3,(H2,13,14)(H,15,16). The molecule has 0 aromatic carbocycles. The van der Waals surface area contributed by atoms with Gasteiger partial charge < -0.3 is 15.8 Å². The lowest BCUT2D eigenvalue weighted by Crippen LogP contribution is -2.47. The summed E-state index contributed by atoms with van der Waals surface area (Å²) in [5.41, 5.74) is 5.89. The number of nitrogens with two attached hydrogens (primary N) is 1. The maximum atomic E-state index is 11.8. The number of nitrogen functional groups attached to an aromatic ring is 1. The molecule has 0 aliphatic heterocycles. The highest BCUT2D eigenvalue weighted by Gasteiger charge is 2.30. The Morgan fingerprint density at radius 1 is 1.65 bits per heavy atom. The number of nitrogens with zero attached hydrogens (tertiary/aromatic N) is 1. The number of anilines is 1. The second kappa shape index (κ2) is 4.89. The second-order valence-electron chi connectivity index (χ2n) is 4.09. The van der Waals surface area contributed by atoms with Gasteiger partial charge >= 0.3 is 0 Å². The summed E-state index contributed by atoms with van der Waals surface area (Å²) in [5, 5.41) is 3.18. The molecule has 1 aromatic heterocycles. The lowest BCUT2D eigenvalue weighted by molar-refractivity contribution is 0.0176. The maximum absolute atomic E-state index is 11.8. The Hall–Kier alpha value is -1.33. The lowest BCUT2D eigenvalue weighted by atomic mass is 9.89. The number of amides is 1. The Balaban J connectivity index is 1.94. The van der Waals surface area contributed by atoms with Crippen molar-refractivity contribution in [3.63, 3.8) is 0 Å². The van der Waals surface area contributed by atoms with Gasteiger partial charge in [-0.05, 0) is 18.9 Å². The van der Waals surface area contributed by atoms with E-state index < -0.39 is 0 Å². The molecule has 1 aliphatic carbocycles. The molecule has 1 aromatic rings. The highest BCUT2D eigenvalue weighted by molar-refractivity contribution is 6.33. The fourth-order valence-electron chi connectivity index (χ4n) is 1.72. The summed E-state index contributed by atoms with van der Waals surface area (Å²) in [6, 6.07) is 1.69. The van der Waals surface area contributed by atoms with Crippen molar-refractivity contribution in [2.45, 2.75) is 25.0 Å². The summed E-state index contributed by atoms with van der Waals surface area (Å²) >= 11 is 5.80. The monoisotopic (exact) mass is 255 g/mol. The zero-order chi connectivity index (χ0) is 12.4. The van der Waals surface area contributed by atoms with Gasteiger partial charge in [0.1, 0.15) is 5.82 Å². The van der Waals surface area contributed by atoms with E-state index in [0.717, 1.165) is 12.8 Å². The number of pyridine rings is 1. The zero-order valence-corrected chi connectivity index (χ0v) is 10.2. The van der Waals surface area contributed by atoms with E-state index in [4.69, 9.17) is 22.1 Å². The first-order valence-corrected chi connectivity index (χ1v) is 5.72. The van der Waals surface area contributed by atoms with Crippen LogP contribution < -0.4 is 11.1 Å².